The van der Waals surface area contributed by atoms with E-state index in [1.807, 2.05) is 48.2 Å². The van der Waals surface area contributed by atoms with Crippen molar-refractivity contribution in [3.63, 3.8) is 0 Å². The van der Waals surface area contributed by atoms with Gasteiger partial charge in [-0.1, -0.05) is 55.9 Å². The molecule has 0 aliphatic carbocycles. The number of hydrogen-bond donors (Lipinski definition) is 1. The molecule has 5 heteroatoms. The summed E-state index contributed by atoms with van der Waals surface area (Å²) in [7, 11) is 0. The highest BCUT2D eigenvalue weighted by Crippen LogP contribution is 2.32. The highest BCUT2D eigenvalue weighted by molar-refractivity contribution is 8.01. The van der Waals surface area contributed by atoms with E-state index in [2.05, 4.69) is 36.3 Å². The molecule has 0 fully saturated rings. The molecule has 1 heterocycles. The van der Waals surface area contributed by atoms with Crippen molar-refractivity contribution in [2.45, 2.75) is 37.4 Å². The van der Waals surface area contributed by atoms with Crippen LogP contribution in [0, 0.1) is 5.92 Å². The zero-order valence-corrected chi connectivity index (χ0v) is 16.8. The Balaban J connectivity index is 1.57. The van der Waals surface area contributed by atoms with Crippen LogP contribution in [0.25, 0.3) is 10.2 Å². The fourth-order valence-electron chi connectivity index (χ4n) is 2.55. The van der Waals surface area contributed by atoms with Crippen molar-refractivity contribution in [1.29, 1.82) is 0 Å². The van der Waals surface area contributed by atoms with Gasteiger partial charge in [-0.05, 0) is 42.5 Å². The lowest BCUT2D eigenvalue weighted by molar-refractivity contribution is -0.116. The smallest absolute Gasteiger partial charge is 0.224 e. The molecular weight excluding hydrogens is 360 g/mol. The van der Waals surface area contributed by atoms with Gasteiger partial charge in [0.2, 0.25) is 5.91 Å². The molecule has 1 aromatic heterocycles. The van der Waals surface area contributed by atoms with Gasteiger partial charge < -0.3 is 5.32 Å². The van der Waals surface area contributed by atoms with Crippen molar-refractivity contribution in [3.05, 3.63) is 54.1 Å². The van der Waals surface area contributed by atoms with Crippen molar-refractivity contribution in [2.75, 3.05) is 11.1 Å². The maximum Gasteiger partial charge on any atom is 0.224 e. The molecule has 0 saturated heterocycles. The van der Waals surface area contributed by atoms with Gasteiger partial charge in [-0.2, -0.15) is 0 Å². The summed E-state index contributed by atoms with van der Waals surface area (Å²) in [5, 5.41) is 3.00. The Labute approximate surface area is 163 Å². The van der Waals surface area contributed by atoms with Crippen LogP contribution in [0.15, 0.2) is 52.9 Å². The van der Waals surface area contributed by atoms with Crippen molar-refractivity contribution in [1.82, 2.24) is 4.98 Å². The van der Waals surface area contributed by atoms with Gasteiger partial charge in [0.15, 0.2) is 4.34 Å². The molecule has 1 N–H and O–H groups in total. The second-order valence-electron chi connectivity index (χ2n) is 6.73. The molecule has 0 aliphatic heterocycles. The Hall–Kier alpha value is -1.85. The summed E-state index contributed by atoms with van der Waals surface area (Å²) in [5.41, 5.74) is 3.03. The summed E-state index contributed by atoms with van der Waals surface area (Å²) in [5.74, 6) is 1.86. The lowest BCUT2D eigenvalue weighted by atomic mass is 10.1. The topological polar surface area (TPSA) is 42.0 Å². The number of carbonyl (C=O) groups excluding carboxylic acids is 1. The maximum absolute atomic E-state index is 12.2. The van der Waals surface area contributed by atoms with E-state index in [9.17, 15) is 4.79 Å². The number of nitrogens with one attached hydrogen (secondary N) is 1. The number of benzene rings is 2. The molecule has 0 unspecified atom stereocenters. The quantitative estimate of drug-likeness (QED) is 0.484. The fraction of sp³-hybridized carbons (Fsp3) is 0.333. The molecule has 3 aromatic rings. The number of hydrogen-bond acceptors (Lipinski definition) is 4. The standard InChI is InChI=1S/C21H24N2OS2/c1-15(2)12-13-25-21-23-18-10-9-17(14-19(18)26-21)22-20(24)11-8-16-6-4-3-5-7-16/h3-7,9-10,14-15H,8,11-13H2,1-2H3,(H,22,24). The number of fused-ring (bicyclic) bond motifs is 1. The first kappa shape index (κ1) is 18.9. The Kier molecular flexibility index (Phi) is 6.69. The van der Waals surface area contributed by atoms with Gasteiger partial charge in [0, 0.05) is 17.9 Å². The van der Waals surface area contributed by atoms with E-state index in [-0.39, 0.29) is 5.91 Å². The highest BCUT2D eigenvalue weighted by atomic mass is 32.2. The van der Waals surface area contributed by atoms with Crippen LogP contribution < -0.4 is 5.32 Å². The first-order valence-corrected chi connectivity index (χ1v) is 10.8. The minimum Gasteiger partial charge on any atom is -0.326 e. The Morgan fingerprint density at radius 3 is 2.77 bits per heavy atom. The molecule has 0 spiro atoms. The second kappa shape index (κ2) is 9.19. The maximum atomic E-state index is 12.2. The van der Waals surface area contributed by atoms with Gasteiger partial charge in [0.1, 0.15) is 0 Å². The van der Waals surface area contributed by atoms with E-state index >= 15 is 0 Å². The molecule has 2 aromatic carbocycles. The first-order valence-electron chi connectivity index (χ1n) is 8.97. The monoisotopic (exact) mass is 384 g/mol. The zero-order chi connectivity index (χ0) is 18.4. The molecule has 0 radical (unpaired) electrons. The van der Waals surface area contributed by atoms with Gasteiger partial charge in [-0.15, -0.1) is 11.3 Å². The molecule has 0 bridgehead atoms. The number of thiazole rings is 1. The third kappa shape index (κ3) is 5.58. The van der Waals surface area contributed by atoms with Crippen molar-refractivity contribution in [2.24, 2.45) is 5.92 Å². The fourth-order valence-corrected chi connectivity index (χ4v) is 4.97. The summed E-state index contributed by atoms with van der Waals surface area (Å²) in [4.78, 5) is 16.9. The highest BCUT2D eigenvalue weighted by Gasteiger charge is 2.08. The number of aromatic nitrogens is 1. The largest absolute Gasteiger partial charge is 0.326 e. The van der Waals surface area contributed by atoms with Crippen LogP contribution in [-0.2, 0) is 11.2 Å². The van der Waals surface area contributed by atoms with E-state index in [1.165, 1.54) is 12.0 Å². The summed E-state index contributed by atoms with van der Waals surface area (Å²) >= 11 is 3.52. The third-order valence-corrected chi connectivity index (χ3v) is 6.25. The van der Waals surface area contributed by atoms with Gasteiger partial charge >= 0.3 is 0 Å². The Morgan fingerprint density at radius 1 is 1.19 bits per heavy atom. The van der Waals surface area contributed by atoms with Crippen LogP contribution in [0.1, 0.15) is 32.3 Å². The third-order valence-electron chi connectivity index (χ3n) is 4.06. The average molecular weight is 385 g/mol. The van der Waals surface area contributed by atoms with Crippen LogP contribution in [0.4, 0.5) is 5.69 Å². The predicted molar refractivity (Wildman–Crippen MR) is 113 cm³/mol. The number of anilines is 1. The number of aryl methyl sites for hydroxylation is 1. The molecule has 26 heavy (non-hydrogen) atoms. The number of nitrogens with zero attached hydrogens (tertiary/aromatic N) is 1. The number of amides is 1. The summed E-state index contributed by atoms with van der Waals surface area (Å²) < 4.78 is 2.23. The number of carbonyl (C=O) groups is 1. The van der Waals surface area contributed by atoms with Crippen LogP contribution in [0.3, 0.4) is 0 Å². The molecule has 1 amide bonds. The number of thioether (sulfide) groups is 1. The Morgan fingerprint density at radius 2 is 2.00 bits per heavy atom. The van der Waals surface area contributed by atoms with E-state index in [0.717, 1.165) is 38.3 Å². The van der Waals surface area contributed by atoms with Gasteiger partial charge in [0.25, 0.3) is 0 Å². The minimum absolute atomic E-state index is 0.0456. The summed E-state index contributed by atoms with van der Waals surface area (Å²) in [6.07, 6.45) is 2.44. The number of rotatable bonds is 8. The van der Waals surface area contributed by atoms with E-state index in [1.54, 1.807) is 11.3 Å². The van der Waals surface area contributed by atoms with Gasteiger partial charge in [-0.25, -0.2) is 4.98 Å². The summed E-state index contributed by atoms with van der Waals surface area (Å²) in [6.45, 7) is 4.48. The molecule has 0 atom stereocenters. The lowest BCUT2D eigenvalue weighted by Gasteiger charge is -2.05. The second-order valence-corrected chi connectivity index (χ2v) is 9.10. The lowest BCUT2D eigenvalue weighted by Crippen LogP contribution is -2.12. The molecule has 0 aliphatic rings. The molecule has 0 saturated carbocycles. The SMILES string of the molecule is CC(C)CCSc1nc2ccc(NC(=O)CCc3ccccc3)cc2s1. The molecular formula is C21H24N2OS2. The van der Waals surface area contributed by atoms with Gasteiger partial charge in [0.05, 0.1) is 10.2 Å². The minimum atomic E-state index is 0.0456. The summed E-state index contributed by atoms with van der Waals surface area (Å²) in [6, 6.07) is 16.0. The van der Waals surface area contributed by atoms with Crippen molar-refractivity contribution < 1.29 is 4.79 Å². The molecule has 3 rings (SSSR count). The predicted octanol–water partition coefficient (Wildman–Crippen LogP) is 6.01. The van der Waals surface area contributed by atoms with Crippen LogP contribution in [-0.4, -0.2) is 16.6 Å². The Bertz CT molecular complexity index is 859. The van der Waals surface area contributed by atoms with Crippen molar-refractivity contribution >= 4 is 44.9 Å². The molecule has 3 nitrogen and oxygen atoms in total. The van der Waals surface area contributed by atoms with Crippen LogP contribution >= 0.6 is 23.1 Å². The molecule has 136 valence electrons. The van der Waals surface area contributed by atoms with Crippen molar-refractivity contribution in [3.8, 4) is 0 Å². The normalized spacial score (nSPS) is 11.2. The van der Waals surface area contributed by atoms with E-state index in [4.69, 9.17) is 0 Å². The van der Waals surface area contributed by atoms with Crippen LogP contribution in [0.2, 0.25) is 0 Å². The average Bonchev–Trinajstić information content (AvgIpc) is 3.02. The first-order chi connectivity index (χ1) is 12.6. The van der Waals surface area contributed by atoms with E-state index in [0.29, 0.717) is 6.42 Å². The van der Waals surface area contributed by atoms with E-state index < -0.39 is 0 Å². The van der Waals surface area contributed by atoms with Crippen LogP contribution in [0.5, 0.6) is 0 Å². The zero-order valence-electron chi connectivity index (χ0n) is 15.2. The van der Waals surface area contributed by atoms with Gasteiger partial charge in [-0.3, -0.25) is 4.79 Å².